The highest BCUT2D eigenvalue weighted by Gasteiger charge is 2.42. The molecule has 8 heteroatoms. The van der Waals surface area contributed by atoms with E-state index in [1.54, 1.807) is 11.3 Å². The zero-order valence-electron chi connectivity index (χ0n) is 14.1. The molecule has 0 radical (unpaired) electrons. The molecule has 6 nitrogen and oxygen atoms in total. The zero-order chi connectivity index (χ0) is 17.5. The van der Waals surface area contributed by atoms with Gasteiger partial charge in [0.15, 0.2) is 5.13 Å². The van der Waals surface area contributed by atoms with E-state index in [0.29, 0.717) is 13.2 Å². The van der Waals surface area contributed by atoms with Crippen LogP contribution in [0.15, 0.2) is 35.8 Å². The maximum absolute atomic E-state index is 12.2. The van der Waals surface area contributed by atoms with Crippen LogP contribution in [0.3, 0.4) is 0 Å². The Hall–Kier alpha value is -1.64. The third-order valence-electron chi connectivity index (χ3n) is 5.00. The van der Waals surface area contributed by atoms with Gasteiger partial charge in [-0.2, -0.15) is 0 Å². The molecular formula is C17H21N3O3S2. The second-order valence-corrected chi connectivity index (χ2v) is 9.28. The molecular weight excluding hydrogens is 358 g/mol. The molecule has 3 heterocycles. The number of sulfonamides is 1. The van der Waals surface area contributed by atoms with Crippen molar-refractivity contribution in [2.24, 2.45) is 0 Å². The molecule has 1 spiro atoms. The summed E-state index contributed by atoms with van der Waals surface area (Å²) >= 11 is 1.64. The van der Waals surface area contributed by atoms with Gasteiger partial charge in [0.25, 0.3) is 0 Å². The molecule has 4 rings (SSSR count). The van der Waals surface area contributed by atoms with Crippen LogP contribution in [0, 0.1) is 0 Å². The Bertz CT molecular complexity index is 844. The van der Waals surface area contributed by atoms with Gasteiger partial charge in [-0.05, 0) is 18.9 Å². The van der Waals surface area contributed by atoms with Gasteiger partial charge in [0, 0.05) is 30.2 Å². The number of hydrogen-bond acceptors (Lipinski definition) is 6. The number of aromatic nitrogens is 1. The van der Waals surface area contributed by atoms with Crippen molar-refractivity contribution in [2.45, 2.75) is 18.4 Å². The van der Waals surface area contributed by atoms with E-state index in [1.165, 1.54) is 10.6 Å². The fourth-order valence-electron chi connectivity index (χ4n) is 3.79. The van der Waals surface area contributed by atoms with Gasteiger partial charge in [0.2, 0.25) is 10.0 Å². The van der Waals surface area contributed by atoms with Crippen molar-refractivity contribution in [3.05, 3.63) is 41.4 Å². The summed E-state index contributed by atoms with van der Waals surface area (Å²) in [6, 6.07) is 7.75. The SMILES string of the molecule is CS(=O)(=O)N1CCOC2(CCN(c3nccs3)CC2)c2ccccc21. The number of rotatable bonds is 2. The Morgan fingerprint density at radius 3 is 2.64 bits per heavy atom. The van der Waals surface area contributed by atoms with Gasteiger partial charge >= 0.3 is 0 Å². The van der Waals surface area contributed by atoms with E-state index in [1.807, 2.05) is 35.8 Å². The van der Waals surface area contributed by atoms with Crippen molar-refractivity contribution in [3.63, 3.8) is 0 Å². The summed E-state index contributed by atoms with van der Waals surface area (Å²) in [5.41, 5.74) is 1.31. The van der Waals surface area contributed by atoms with Gasteiger partial charge < -0.3 is 9.64 Å². The van der Waals surface area contributed by atoms with Crippen LogP contribution in [-0.2, 0) is 20.4 Å². The lowest BCUT2D eigenvalue weighted by molar-refractivity contribution is -0.0601. The average Bonchev–Trinajstić information content (AvgIpc) is 3.07. The lowest BCUT2D eigenvalue weighted by Gasteiger charge is -2.41. The van der Waals surface area contributed by atoms with Gasteiger partial charge in [0.05, 0.1) is 30.7 Å². The summed E-state index contributed by atoms with van der Waals surface area (Å²) in [7, 11) is -3.33. The summed E-state index contributed by atoms with van der Waals surface area (Å²) in [6.45, 7) is 2.45. The van der Waals surface area contributed by atoms with E-state index in [2.05, 4.69) is 9.88 Å². The molecule has 2 aliphatic rings. The normalized spacial score (nSPS) is 20.4. The molecule has 0 amide bonds. The van der Waals surface area contributed by atoms with E-state index >= 15 is 0 Å². The number of fused-ring (bicyclic) bond motifs is 2. The molecule has 2 aromatic rings. The van der Waals surface area contributed by atoms with Crippen LogP contribution < -0.4 is 9.21 Å². The minimum atomic E-state index is -3.33. The fourth-order valence-corrected chi connectivity index (χ4v) is 5.41. The standard InChI is InChI=1S/C17H21N3O3S2/c1-25(21,22)20-11-12-23-17(14-4-2-3-5-15(14)20)6-9-19(10-7-17)16-18-8-13-24-16/h2-5,8,13H,6-7,9-12H2,1H3. The number of benzene rings is 1. The molecule has 134 valence electrons. The molecule has 2 aliphatic heterocycles. The van der Waals surface area contributed by atoms with Crippen molar-refractivity contribution in [2.75, 3.05) is 41.7 Å². The lowest BCUT2D eigenvalue weighted by Crippen LogP contribution is -2.44. The third-order valence-corrected chi connectivity index (χ3v) is 7.01. The largest absolute Gasteiger partial charge is 0.368 e. The predicted octanol–water partition coefficient (Wildman–Crippen LogP) is 2.44. The summed E-state index contributed by atoms with van der Waals surface area (Å²) in [6.07, 6.45) is 4.72. The minimum absolute atomic E-state index is 0.355. The third kappa shape index (κ3) is 3.02. The van der Waals surface area contributed by atoms with E-state index < -0.39 is 15.6 Å². The quantitative estimate of drug-likeness (QED) is 0.802. The second kappa shape index (κ2) is 6.26. The van der Waals surface area contributed by atoms with Crippen molar-refractivity contribution in [1.82, 2.24) is 4.98 Å². The maximum atomic E-state index is 12.2. The topological polar surface area (TPSA) is 62.7 Å². The van der Waals surface area contributed by atoms with Crippen molar-refractivity contribution < 1.29 is 13.2 Å². The Balaban J connectivity index is 1.68. The first-order valence-corrected chi connectivity index (χ1v) is 11.1. The highest BCUT2D eigenvalue weighted by molar-refractivity contribution is 7.92. The smallest absolute Gasteiger partial charge is 0.232 e. The summed E-state index contributed by atoms with van der Waals surface area (Å²) in [4.78, 5) is 6.68. The number of nitrogens with zero attached hydrogens (tertiary/aromatic N) is 3. The van der Waals surface area contributed by atoms with Gasteiger partial charge in [-0.25, -0.2) is 13.4 Å². The van der Waals surface area contributed by atoms with Crippen molar-refractivity contribution in [3.8, 4) is 0 Å². The predicted molar refractivity (Wildman–Crippen MR) is 99.8 cm³/mol. The molecule has 25 heavy (non-hydrogen) atoms. The minimum Gasteiger partial charge on any atom is -0.368 e. The number of anilines is 2. The number of ether oxygens (including phenoxy) is 1. The Labute approximate surface area is 152 Å². The van der Waals surface area contributed by atoms with Gasteiger partial charge in [-0.3, -0.25) is 4.31 Å². The van der Waals surface area contributed by atoms with Crippen LogP contribution in [0.25, 0.3) is 0 Å². The molecule has 1 saturated heterocycles. The Morgan fingerprint density at radius 1 is 1.20 bits per heavy atom. The van der Waals surface area contributed by atoms with Gasteiger partial charge in [0.1, 0.15) is 0 Å². The van der Waals surface area contributed by atoms with E-state index in [9.17, 15) is 8.42 Å². The zero-order valence-corrected chi connectivity index (χ0v) is 15.7. The van der Waals surface area contributed by atoms with Crippen LogP contribution in [0.1, 0.15) is 18.4 Å². The monoisotopic (exact) mass is 379 g/mol. The van der Waals surface area contributed by atoms with Gasteiger partial charge in [-0.1, -0.05) is 18.2 Å². The van der Waals surface area contributed by atoms with Crippen molar-refractivity contribution >= 4 is 32.2 Å². The van der Waals surface area contributed by atoms with Gasteiger partial charge in [-0.15, -0.1) is 11.3 Å². The number of thiazole rings is 1. The fraction of sp³-hybridized carbons (Fsp3) is 0.471. The molecule has 1 aromatic heterocycles. The van der Waals surface area contributed by atoms with Crippen LogP contribution in [-0.4, -0.2) is 45.9 Å². The average molecular weight is 380 g/mol. The Kier molecular flexibility index (Phi) is 4.21. The number of hydrogen-bond donors (Lipinski definition) is 0. The van der Waals surface area contributed by atoms with Crippen LogP contribution in [0.5, 0.6) is 0 Å². The Morgan fingerprint density at radius 2 is 1.96 bits per heavy atom. The van der Waals surface area contributed by atoms with Crippen molar-refractivity contribution in [1.29, 1.82) is 0 Å². The molecule has 0 unspecified atom stereocenters. The van der Waals surface area contributed by atoms with E-state index in [0.717, 1.165) is 42.3 Å². The van der Waals surface area contributed by atoms with Crippen LogP contribution >= 0.6 is 11.3 Å². The molecule has 0 bridgehead atoms. The highest BCUT2D eigenvalue weighted by Crippen LogP contribution is 2.44. The summed E-state index contributed by atoms with van der Waals surface area (Å²) in [5.74, 6) is 0. The summed E-state index contributed by atoms with van der Waals surface area (Å²) in [5, 5.41) is 3.02. The molecule has 0 aliphatic carbocycles. The van der Waals surface area contributed by atoms with Crippen LogP contribution in [0.4, 0.5) is 10.8 Å². The molecule has 1 fully saturated rings. The number of para-hydroxylation sites is 1. The number of piperidine rings is 1. The lowest BCUT2D eigenvalue weighted by atomic mass is 9.83. The summed E-state index contributed by atoms with van der Waals surface area (Å²) < 4.78 is 32.2. The molecule has 0 atom stereocenters. The molecule has 0 saturated carbocycles. The van der Waals surface area contributed by atoms with E-state index in [4.69, 9.17) is 4.74 Å². The first kappa shape index (κ1) is 16.8. The molecule has 1 aromatic carbocycles. The first-order valence-electron chi connectivity index (χ1n) is 8.35. The maximum Gasteiger partial charge on any atom is 0.232 e. The second-order valence-electron chi connectivity index (χ2n) is 6.50. The van der Waals surface area contributed by atoms with Crippen LogP contribution in [0.2, 0.25) is 0 Å². The highest BCUT2D eigenvalue weighted by atomic mass is 32.2. The van der Waals surface area contributed by atoms with E-state index in [-0.39, 0.29) is 0 Å². The molecule has 0 N–H and O–H groups in total. The first-order chi connectivity index (χ1) is 12.0.